The van der Waals surface area contributed by atoms with Crippen molar-refractivity contribution in [2.45, 2.75) is 19.3 Å². The van der Waals surface area contributed by atoms with Gasteiger partial charge in [-0.3, -0.25) is 0 Å². The summed E-state index contributed by atoms with van der Waals surface area (Å²) in [6, 6.07) is 10.1. The van der Waals surface area contributed by atoms with Gasteiger partial charge in [0.05, 0.1) is 0 Å². The fourth-order valence-electron chi connectivity index (χ4n) is 2.85. The van der Waals surface area contributed by atoms with Crippen LogP contribution in [-0.2, 0) is 6.42 Å². The van der Waals surface area contributed by atoms with Crippen LogP contribution in [0.25, 0.3) is 16.3 Å². The monoisotopic (exact) mass is 299 g/mol. The summed E-state index contributed by atoms with van der Waals surface area (Å²) in [4.78, 5) is 0.882. The van der Waals surface area contributed by atoms with Gasteiger partial charge in [-0.05, 0) is 31.8 Å². The second-order valence-corrected chi connectivity index (χ2v) is 6.54. The molecule has 1 aliphatic heterocycles. The van der Waals surface area contributed by atoms with Crippen molar-refractivity contribution in [3.8, 4) is 11.4 Å². The summed E-state index contributed by atoms with van der Waals surface area (Å²) in [5, 5.41) is 17.9. The van der Waals surface area contributed by atoms with Gasteiger partial charge in [0.2, 0.25) is 4.96 Å². The Balaban J connectivity index is 1.63. The molecule has 3 aromatic rings. The fourth-order valence-corrected chi connectivity index (χ4v) is 3.80. The predicted molar refractivity (Wildman–Crippen MR) is 83.4 cm³/mol. The lowest BCUT2D eigenvalue weighted by Crippen LogP contribution is -2.30. The number of nitrogens with one attached hydrogen (secondary N) is 1. The number of fused-ring (bicyclic) bond motifs is 1. The van der Waals surface area contributed by atoms with Crippen LogP contribution in [0, 0.1) is 5.92 Å². The average Bonchev–Trinajstić information content (AvgIpc) is 3.09. The highest BCUT2D eigenvalue weighted by atomic mass is 32.1. The van der Waals surface area contributed by atoms with Gasteiger partial charge >= 0.3 is 0 Å². The lowest BCUT2D eigenvalue weighted by Gasteiger charge is -2.21. The topological polar surface area (TPSA) is 55.1 Å². The standard InChI is InChI=1S/C15H17N5S/c1-2-6-12(7-3-1)14-17-18-15-20(14)19-13(21-15)9-11-5-4-8-16-10-11/h1-3,6-7,11,16H,4-5,8-10H2. The van der Waals surface area contributed by atoms with Crippen LogP contribution in [0.5, 0.6) is 0 Å². The normalized spacial score (nSPS) is 19.1. The molecule has 0 bridgehead atoms. The van der Waals surface area contributed by atoms with E-state index in [4.69, 9.17) is 5.10 Å². The molecule has 1 aromatic carbocycles. The Kier molecular flexibility index (Phi) is 3.40. The van der Waals surface area contributed by atoms with Crippen molar-refractivity contribution in [3.63, 3.8) is 0 Å². The van der Waals surface area contributed by atoms with E-state index in [1.54, 1.807) is 11.3 Å². The Morgan fingerprint density at radius 3 is 2.95 bits per heavy atom. The maximum absolute atomic E-state index is 4.73. The number of nitrogens with zero attached hydrogens (tertiary/aromatic N) is 4. The third-order valence-electron chi connectivity index (χ3n) is 3.93. The van der Waals surface area contributed by atoms with E-state index in [1.807, 2.05) is 34.8 Å². The van der Waals surface area contributed by atoms with Crippen molar-refractivity contribution in [2.75, 3.05) is 13.1 Å². The van der Waals surface area contributed by atoms with Crippen LogP contribution < -0.4 is 5.32 Å². The molecule has 1 saturated heterocycles. The van der Waals surface area contributed by atoms with E-state index < -0.39 is 0 Å². The highest BCUT2D eigenvalue weighted by molar-refractivity contribution is 7.16. The van der Waals surface area contributed by atoms with E-state index >= 15 is 0 Å². The summed E-state index contributed by atoms with van der Waals surface area (Å²) < 4.78 is 1.88. The van der Waals surface area contributed by atoms with Crippen LogP contribution in [-0.4, -0.2) is 32.9 Å². The third kappa shape index (κ3) is 2.56. The molecule has 21 heavy (non-hydrogen) atoms. The Hall–Kier alpha value is -1.79. The van der Waals surface area contributed by atoms with Crippen LogP contribution in [0.2, 0.25) is 0 Å². The number of aromatic nitrogens is 4. The molecule has 1 fully saturated rings. The number of piperidine rings is 1. The second-order valence-electron chi connectivity index (χ2n) is 5.50. The number of hydrogen-bond donors (Lipinski definition) is 1. The van der Waals surface area contributed by atoms with Crippen LogP contribution in [0.3, 0.4) is 0 Å². The molecule has 4 rings (SSSR count). The van der Waals surface area contributed by atoms with Gasteiger partial charge in [0.25, 0.3) is 0 Å². The van der Waals surface area contributed by atoms with Gasteiger partial charge in [-0.25, -0.2) is 0 Å². The molecule has 0 saturated carbocycles. The lowest BCUT2D eigenvalue weighted by atomic mass is 9.97. The van der Waals surface area contributed by atoms with E-state index in [2.05, 4.69) is 15.5 Å². The van der Waals surface area contributed by atoms with Crippen molar-refractivity contribution < 1.29 is 0 Å². The molecular weight excluding hydrogens is 282 g/mol. The largest absolute Gasteiger partial charge is 0.316 e. The first-order valence-electron chi connectivity index (χ1n) is 7.37. The van der Waals surface area contributed by atoms with E-state index in [1.165, 1.54) is 12.8 Å². The molecule has 2 aromatic heterocycles. The third-order valence-corrected chi connectivity index (χ3v) is 4.85. The van der Waals surface area contributed by atoms with Gasteiger partial charge in [0, 0.05) is 12.0 Å². The van der Waals surface area contributed by atoms with Gasteiger partial charge in [-0.1, -0.05) is 41.7 Å². The summed E-state index contributed by atoms with van der Waals surface area (Å²) in [5.41, 5.74) is 1.06. The van der Waals surface area contributed by atoms with Gasteiger partial charge < -0.3 is 5.32 Å². The predicted octanol–water partition coefficient (Wildman–Crippen LogP) is 2.39. The second kappa shape index (κ2) is 5.54. The fraction of sp³-hybridized carbons (Fsp3) is 0.400. The van der Waals surface area contributed by atoms with Crippen molar-refractivity contribution >= 4 is 16.3 Å². The highest BCUT2D eigenvalue weighted by Gasteiger charge is 2.18. The number of hydrogen-bond acceptors (Lipinski definition) is 5. The minimum atomic E-state index is 0.697. The van der Waals surface area contributed by atoms with E-state index in [9.17, 15) is 0 Å². The number of rotatable bonds is 3. The number of benzene rings is 1. The van der Waals surface area contributed by atoms with Crippen LogP contribution in [0.1, 0.15) is 17.8 Å². The Bertz CT molecular complexity index is 727. The molecule has 3 heterocycles. The average molecular weight is 299 g/mol. The van der Waals surface area contributed by atoms with E-state index in [0.717, 1.165) is 40.9 Å². The van der Waals surface area contributed by atoms with Crippen LogP contribution in [0.4, 0.5) is 0 Å². The molecule has 0 aliphatic carbocycles. The quantitative estimate of drug-likeness (QED) is 0.807. The molecule has 1 N–H and O–H groups in total. The van der Waals surface area contributed by atoms with Crippen molar-refractivity contribution in [1.82, 2.24) is 25.1 Å². The lowest BCUT2D eigenvalue weighted by molar-refractivity contribution is 0.375. The van der Waals surface area contributed by atoms with Crippen LogP contribution in [0.15, 0.2) is 30.3 Å². The summed E-state index contributed by atoms with van der Waals surface area (Å²) in [6.45, 7) is 2.26. The maximum Gasteiger partial charge on any atom is 0.234 e. The zero-order valence-electron chi connectivity index (χ0n) is 11.7. The Morgan fingerprint density at radius 1 is 1.24 bits per heavy atom. The molecule has 1 unspecified atom stereocenters. The van der Waals surface area contributed by atoms with Gasteiger partial charge in [0.1, 0.15) is 5.01 Å². The van der Waals surface area contributed by atoms with E-state index in [0.29, 0.717) is 5.92 Å². The summed E-state index contributed by atoms with van der Waals surface area (Å²) in [5.74, 6) is 1.53. The van der Waals surface area contributed by atoms with Crippen molar-refractivity contribution in [2.24, 2.45) is 5.92 Å². The Labute approximate surface area is 127 Å². The molecule has 0 spiro atoms. The molecule has 6 heteroatoms. The van der Waals surface area contributed by atoms with Crippen molar-refractivity contribution in [1.29, 1.82) is 0 Å². The molecule has 5 nitrogen and oxygen atoms in total. The molecule has 1 aliphatic rings. The molecule has 1 atom stereocenters. The first-order valence-corrected chi connectivity index (χ1v) is 8.19. The first-order chi connectivity index (χ1) is 10.4. The van der Waals surface area contributed by atoms with Crippen LogP contribution >= 0.6 is 11.3 Å². The SMILES string of the molecule is c1ccc(-c2nnc3sc(CC4CCCNC4)nn23)cc1. The zero-order valence-corrected chi connectivity index (χ0v) is 12.5. The summed E-state index contributed by atoms with van der Waals surface area (Å²) in [7, 11) is 0. The van der Waals surface area contributed by atoms with Gasteiger partial charge in [-0.2, -0.15) is 9.61 Å². The smallest absolute Gasteiger partial charge is 0.234 e. The molecular formula is C15H17N5S. The van der Waals surface area contributed by atoms with Crippen molar-refractivity contribution in [3.05, 3.63) is 35.3 Å². The Morgan fingerprint density at radius 2 is 2.14 bits per heavy atom. The maximum atomic E-state index is 4.73. The minimum absolute atomic E-state index is 0.697. The minimum Gasteiger partial charge on any atom is -0.316 e. The van der Waals surface area contributed by atoms with E-state index in [-0.39, 0.29) is 0 Å². The molecule has 0 radical (unpaired) electrons. The highest BCUT2D eigenvalue weighted by Crippen LogP contribution is 2.24. The van der Waals surface area contributed by atoms with Gasteiger partial charge in [-0.15, -0.1) is 10.2 Å². The summed E-state index contributed by atoms with van der Waals surface area (Å²) in [6.07, 6.45) is 3.60. The summed E-state index contributed by atoms with van der Waals surface area (Å²) >= 11 is 1.66. The molecule has 0 amide bonds. The molecule has 108 valence electrons. The van der Waals surface area contributed by atoms with Gasteiger partial charge in [0.15, 0.2) is 5.82 Å². The first kappa shape index (κ1) is 12.9. The zero-order chi connectivity index (χ0) is 14.1.